The zero-order valence-corrected chi connectivity index (χ0v) is 15.3. The van der Waals surface area contributed by atoms with Crippen LogP contribution in [0.15, 0.2) is 72.8 Å². The van der Waals surface area contributed by atoms with Crippen LogP contribution in [-0.4, -0.2) is 24.1 Å². The van der Waals surface area contributed by atoms with Crippen molar-refractivity contribution in [2.75, 3.05) is 12.4 Å². The van der Waals surface area contributed by atoms with E-state index in [0.717, 1.165) is 22.4 Å². The van der Waals surface area contributed by atoms with Crippen molar-refractivity contribution in [2.45, 2.75) is 6.42 Å². The normalized spacial score (nSPS) is 10.2. The molecule has 0 saturated heterocycles. The van der Waals surface area contributed by atoms with E-state index >= 15 is 0 Å². The molecule has 0 saturated carbocycles. The summed E-state index contributed by atoms with van der Waals surface area (Å²) in [4.78, 5) is 23.5. The lowest BCUT2D eigenvalue weighted by molar-refractivity contribution is -0.115. The minimum atomic E-state index is -0.603. The predicted molar refractivity (Wildman–Crippen MR) is 106 cm³/mol. The molecule has 0 spiro atoms. The maximum Gasteiger partial charge on any atom is 0.274 e. The van der Waals surface area contributed by atoms with Gasteiger partial charge in [-0.1, -0.05) is 36.4 Å². The lowest BCUT2D eigenvalue weighted by Crippen LogP contribution is -2.18. The Morgan fingerprint density at radius 3 is 2.29 bits per heavy atom. The summed E-state index contributed by atoms with van der Waals surface area (Å²) in [5.41, 5.74) is 5.42. The summed E-state index contributed by atoms with van der Waals surface area (Å²) in [6, 6.07) is 21.8. The molecule has 0 aliphatic carbocycles. The third-order valence-electron chi connectivity index (χ3n) is 4.25. The number of rotatable bonds is 6. The summed E-state index contributed by atoms with van der Waals surface area (Å²) in [6.45, 7) is 0. The first kappa shape index (κ1) is 19.1. The first-order chi connectivity index (χ1) is 13.6. The Balaban J connectivity index is 1.62. The fourth-order valence-corrected chi connectivity index (χ4v) is 2.78. The second-order valence-electron chi connectivity index (χ2n) is 6.17. The summed E-state index contributed by atoms with van der Waals surface area (Å²) >= 11 is 0. The molecule has 0 aliphatic heterocycles. The quantitative estimate of drug-likeness (QED) is 0.453. The standard InChI is InChI=1S/C22H20N2O4/c1-28-20-4-2-3-18(14-20)16-7-5-15(6-8-16)13-21(25)23-19-11-9-17(10-12-19)22(26)24-27/h2-12,14,27H,13H2,1H3,(H,23,25)(H,24,26). The van der Waals surface area contributed by atoms with Crippen molar-refractivity contribution in [2.24, 2.45) is 0 Å². The second-order valence-corrected chi connectivity index (χ2v) is 6.17. The van der Waals surface area contributed by atoms with E-state index in [4.69, 9.17) is 9.94 Å². The molecule has 142 valence electrons. The van der Waals surface area contributed by atoms with Crippen LogP contribution in [0.1, 0.15) is 15.9 Å². The number of benzene rings is 3. The minimum Gasteiger partial charge on any atom is -0.497 e. The predicted octanol–water partition coefficient (Wildman–Crippen LogP) is 3.66. The maximum atomic E-state index is 12.2. The molecular formula is C22H20N2O4. The first-order valence-corrected chi connectivity index (χ1v) is 8.67. The lowest BCUT2D eigenvalue weighted by atomic mass is 10.0. The average Bonchev–Trinajstić information content (AvgIpc) is 2.74. The number of carbonyl (C=O) groups excluding carboxylic acids is 2. The van der Waals surface area contributed by atoms with Gasteiger partial charge in [0, 0.05) is 11.3 Å². The van der Waals surface area contributed by atoms with Crippen LogP contribution in [0.25, 0.3) is 11.1 Å². The Hall–Kier alpha value is -3.64. The van der Waals surface area contributed by atoms with Gasteiger partial charge in [0.25, 0.3) is 5.91 Å². The van der Waals surface area contributed by atoms with Crippen LogP contribution in [0, 0.1) is 0 Å². The molecule has 28 heavy (non-hydrogen) atoms. The second kappa shape index (κ2) is 8.83. The van der Waals surface area contributed by atoms with Gasteiger partial charge in [0.15, 0.2) is 0 Å². The monoisotopic (exact) mass is 376 g/mol. The zero-order valence-electron chi connectivity index (χ0n) is 15.3. The number of nitrogens with one attached hydrogen (secondary N) is 2. The number of methoxy groups -OCH3 is 1. The van der Waals surface area contributed by atoms with Gasteiger partial charge in [-0.25, -0.2) is 5.48 Å². The highest BCUT2D eigenvalue weighted by Gasteiger charge is 2.07. The lowest BCUT2D eigenvalue weighted by Gasteiger charge is -2.08. The van der Waals surface area contributed by atoms with E-state index in [1.807, 2.05) is 48.5 Å². The Labute approximate surface area is 162 Å². The minimum absolute atomic E-state index is 0.159. The van der Waals surface area contributed by atoms with Crippen LogP contribution in [0.5, 0.6) is 5.75 Å². The zero-order chi connectivity index (χ0) is 19.9. The van der Waals surface area contributed by atoms with Gasteiger partial charge in [0.1, 0.15) is 5.75 Å². The number of hydrogen-bond acceptors (Lipinski definition) is 4. The average molecular weight is 376 g/mol. The third kappa shape index (κ3) is 4.75. The molecule has 6 heteroatoms. The van der Waals surface area contributed by atoms with Crippen LogP contribution < -0.4 is 15.5 Å². The Morgan fingerprint density at radius 2 is 1.64 bits per heavy atom. The summed E-state index contributed by atoms with van der Waals surface area (Å²) in [7, 11) is 1.63. The molecule has 0 radical (unpaired) electrons. The Morgan fingerprint density at radius 1 is 0.929 bits per heavy atom. The first-order valence-electron chi connectivity index (χ1n) is 8.67. The van der Waals surface area contributed by atoms with Gasteiger partial charge in [-0.3, -0.25) is 14.8 Å². The van der Waals surface area contributed by atoms with Crippen molar-refractivity contribution in [1.82, 2.24) is 5.48 Å². The maximum absolute atomic E-state index is 12.2. The summed E-state index contributed by atoms with van der Waals surface area (Å²) in [5.74, 6) is 0.0333. The Bertz CT molecular complexity index is 967. The third-order valence-corrected chi connectivity index (χ3v) is 4.25. The van der Waals surface area contributed by atoms with Gasteiger partial charge in [-0.2, -0.15) is 0 Å². The van der Waals surface area contributed by atoms with Gasteiger partial charge in [0.05, 0.1) is 13.5 Å². The molecule has 0 heterocycles. The number of anilines is 1. The van der Waals surface area contributed by atoms with E-state index in [0.29, 0.717) is 11.3 Å². The largest absolute Gasteiger partial charge is 0.497 e. The summed E-state index contributed by atoms with van der Waals surface area (Å²) < 4.78 is 5.25. The van der Waals surface area contributed by atoms with Crippen LogP contribution in [0.3, 0.4) is 0 Å². The van der Waals surface area contributed by atoms with E-state index < -0.39 is 5.91 Å². The van der Waals surface area contributed by atoms with Crippen LogP contribution in [-0.2, 0) is 11.2 Å². The topological polar surface area (TPSA) is 87.7 Å². The fraction of sp³-hybridized carbons (Fsp3) is 0.0909. The van der Waals surface area contributed by atoms with Gasteiger partial charge in [-0.15, -0.1) is 0 Å². The molecule has 0 atom stereocenters. The molecule has 0 fully saturated rings. The van der Waals surface area contributed by atoms with E-state index in [-0.39, 0.29) is 12.3 Å². The SMILES string of the molecule is COc1cccc(-c2ccc(CC(=O)Nc3ccc(C(=O)NO)cc3)cc2)c1. The molecule has 0 aromatic heterocycles. The molecule has 3 aromatic carbocycles. The van der Waals surface area contributed by atoms with Gasteiger partial charge in [-0.05, 0) is 53.1 Å². The fourth-order valence-electron chi connectivity index (χ4n) is 2.78. The number of hydroxylamine groups is 1. The van der Waals surface area contributed by atoms with E-state index in [9.17, 15) is 9.59 Å². The number of hydrogen-bond donors (Lipinski definition) is 3. The summed E-state index contributed by atoms with van der Waals surface area (Å²) in [6.07, 6.45) is 0.233. The molecule has 2 amide bonds. The number of carbonyl (C=O) groups is 2. The Kier molecular flexibility index (Phi) is 6.04. The van der Waals surface area contributed by atoms with Crippen molar-refractivity contribution in [3.8, 4) is 16.9 Å². The van der Waals surface area contributed by atoms with E-state index in [2.05, 4.69) is 5.32 Å². The van der Waals surface area contributed by atoms with Crippen LogP contribution >= 0.6 is 0 Å². The molecular weight excluding hydrogens is 356 g/mol. The molecule has 0 aliphatic rings. The van der Waals surface area contributed by atoms with Crippen molar-refractivity contribution in [3.05, 3.63) is 83.9 Å². The molecule has 3 aromatic rings. The molecule has 0 bridgehead atoms. The smallest absolute Gasteiger partial charge is 0.274 e. The summed E-state index contributed by atoms with van der Waals surface area (Å²) in [5, 5.41) is 11.4. The van der Waals surface area contributed by atoms with E-state index in [1.165, 1.54) is 12.1 Å². The van der Waals surface area contributed by atoms with Gasteiger partial charge in [0.2, 0.25) is 5.91 Å². The number of ether oxygens (including phenoxy) is 1. The number of amides is 2. The van der Waals surface area contributed by atoms with Gasteiger partial charge >= 0.3 is 0 Å². The van der Waals surface area contributed by atoms with Crippen LogP contribution in [0.4, 0.5) is 5.69 Å². The molecule has 0 unspecified atom stereocenters. The van der Waals surface area contributed by atoms with E-state index in [1.54, 1.807) is 24.7 Å². The highest BCUT2D eigenvalue weighted by Crippen LogP contribution is 2.24. The highest BCUT2D eigenvalue weighted by atomic mass is 16.5. The van der Waals surface area contributed by atoms with Crippen molar-refractivity contribution in [3.63, 3.8) is 0 Å². The molecule has 6 nitrogen and oxygen atoms in total. The van der Waals surface area contributed by atoms with Crippen molar-refractivity contribution < 1.29 is 19.5 Å². The molecule has 3 rings (SSSR count). The van der Waals surface area contributed by atoms with Crippen molar-refractivity contribution in [1.29, 1.82) is 0 Å². The molecule has 3 N–H and O–H groups in total. The van der Waals surface area contributed by atoms with Crippen molar-refractivity contribution >= 4 is 17.5 Å². The highest BCUT2D eigenvalue weighted by molar-refractivity contribution is 5.95. The van der Waals surface area contributed by atoms with Crippen LogP contribution in [0.2, 0.25) is 0 Å². The van der Waals surface area contributed by atoms with Gasteiger partial charge < -0.3 is 10.1 Å².